The molecule has 2 fully saturated rings. The van der Waals surface area contributed by atoms with E-state index in [4.69, 9.17) is 4.52 Å². The van der Waals surface area contributed by atoms with Gasteiger partial charge in [0, 0.05) is 17.5 Å². The molecule has 0 atom stereocenters. The first-order chi connectivity index (χ1) is 8.42. The number of benzene rings is 1. The largest absolute Gasteiger partial charge is 0.360 e. The van der Waals surface area contributed by atoms with E-state index in [1.54, 1.807) is 0 Å². The Bertz CT molecular complexity index is 550. The van der Waals surface area contributed by atoms with Gasteiger partial charge in [-0.2, -0.15) is 0 Å². The van der Waals surface area contributed by atoms with Gasteiger partial charge in [0.25, 0.3) is 0 Å². The zero-order chi connectivity index (χ0) is 11.2. The molecule has 1 heterocycles. The summed E-state index contributed by atoms with van der Waals surface area (Å²) in [4.78, 5) is 0. The summed E-state index contributed by atoms with van der Waals surface area (Å²) in [6.07, 6.45) is 5.17. The molecule has 2 aliphatic carbocycles. The van der Waals surface area contributed by atoms with Gasteiger partial charge in [-0.25, -0.2) is 0 Å². The molecular formula is C15H15NO. The van der Waals surface area contributed by atoms with Gasteiger partial charge < -0.3 is 4.52 Å². The number of nitrogens with zero attached hydrogens (tertiary/aromatic N) is 1. The molecule has 86 valence electrons. The minimum Gasteiger partial charge on any atom is -0.360 e. The molecule has 17 heavy (non-hydrogen) atoms. The van der Waals surface area contributed by atoms with Crippen LogP contribution in [0.2, 0.25) is 0 Å². The van der Waals surface area contributed by atoms with Crippen LogP contribution >= 0.6 is 0 Å². The highest BCUT2D eigenvalue weighted by Crippen LogP contribution is 2.45. The van der Waals surface area contributed by atoms with E-state index in [-0.39, 0.29) is 0 Å². The molecule has 1 aromatic carbocycles. The van der Waals surface area contributed by atoms with Crippen molar-refractivity contribution in [2.75, 3.05) is 0 Å². The van der Waals surface area contributed by atoms with Gasteiger partial charge in [-0.3, -0.25) is 0 Å². The maximum Gasteiger partial charge on any atom is 0.140 e. The van der Waals surface area contributed by atoms with E-state index < -0.39 is 0 Å². The first kappa shape index (κ1) is 9.46. The van der Waals surface area contributed by atoms with Crippen molar-refractivity contribution >= 4 is 0 Å². The molecule has 0 spiro atoms. The van der Waals surface area contributed by atoms with Gasteiger partial charge in [-0.15, -0.1) is 0 Å². The summed E-state index contributed by atoms with van der Waals surface area (Å²) in [5, 5.41) is 4.24. The first-order valence-corrected chi connectivity index (χ1v) is 6.48. The highest BCUT2D eigenvalue weighted by atomic mass is 16.5. The Morgan fingerprint density at radius 2 is 1.76 bits per heavy atom. The molecule has 2 aromatic rings. The highest BCUT2D eigenvalue weighted by molar-refractivity contribution is 5.65. The summed E-state index contributed by atoms with van der Waals surface area (Å²) >= 11 is 0. The lowest BCUT2D eigenvalue weighted by Gasteiger charge is -2.04. The summed E-state index contributed by atoms with van der Waals surface area (Å²) in [6.45, 7) is 0. The van der Waals surface area contributed by atoms with E-state index in [9.17, 15) is 0 Å². The van der Waals surface area contributed by atoms with Crippen molar-refractivity contribution in [3.05, 3.63) is 41.7 Å². The van der Waals surface area contributed by atoms with E-state index in [1.807, 2.05) is 0 Å². The first-order valence-electron chi connectivity index (χ1n) is 6.48. The average Bonchev–Trinajstić information content (AvgIpc) is 3.28. The van der Waals surface area contributed by atoms with E-state index in [0.29, 0.717) is 5.92 Å². The SMILES string of the molecule is c1ccc(C2CC2)c(-c2cc(C3CC3)on2)c1. The Kier molecular flexibility index (Phi) is 1.92. The summed E-state index contributed by atoms with van der Waals surface area (Å²) in [5.41, 5.74) is 3.74. The molecule has 0 saturated heterocycles. The molecule has 0 N–H and O–H groups in total. The number of rotatable bonds is 3. The van der Waals surface area contributed by atoms with Gasteiger partial charge in [0.05, 0.1) is 0 Å². The maximum absolute atomic E-state index is 5.45. The summed E-state index contributed by atoms with van der Waals surface area (Å²) in [7, 11) is 0. The summed E-state index contributed by atoms with van der Waals surface area (Å²) < 4.78 is 5.45. The normalized spacial score (nSPS) is 19.5. The van der Waals surface area contributed by atoms with E-state index in [0.717, 1.165) is 17.4 Å². The van der Waals surface area contributed by atoms with Gasteiger partial charge >= 0.3 is 0 Å². The Balaban J connectivity index is 1.76. The van der Waals surface area contributed by atoms with Crippen LogP contribution in [0, 0.1) is 0 Å². The van der Waals surface area contributed by atoms with Crippen molar-refractivity contribution in [2.24, 2.45) is 0 Å². The third-order valence-electron chi connectivity index (χ3n) is 3.76. The van der Waals surface area contributed by atoms with Crippen molar-refractivity contribution in [3.63, 3.8) is 0 Å². The Morgan fingerprint density at radius 3 is 2.53 bits per heavy atom. The monoisotopic (exact) mass is 225 g/mol. The van der Waals surface area contributed by atoms with Crippen molar-refractivity contribution in [1.82, 2.24) is 5.16 Å². The number of hydrogen-bond donors (Lipinski definition) is 0. The minimum atomic E-state index is 0.643. The molecule has 2 aliphatic rings. The van der Waals surface area contributed by atoms with Crippen LogP contribution in [0.25, 0.3) is 11.3 Å². The van der Waals surface area contributed by atoms with Crippen LogP contribution in [0.15, 0.2) is 34.9 Å². The van der Waals surface area contributed by atoms with Crippen molar-refractivity contribution in [1.29, 1.82) is 0 Å². The van der Waals surface area contributed by atoms with E-state index >= 15 is 0 Å². The molecule has 2 heteroatoms. The van der Waals surface area contributed by atoms with Crippen LogP contribution in [-0.4, -0.2) is 5.16 Å². The van der Waals surface area contributed by atoms with Crippen LogP contribution in [-0.2, 0) is 0 Å². The lowest BCUT2D eigenvalue weighted by molar-refractivity contribution is 0.386. The fourth-order valence-corrected chi connectivity index (χ4v) is 2.46. The summed E-state index contributed by atoms with van der Waals surface area (Å²) in [6, 6.07) is 10.8. The Labute approximate surface area is 101 Å². The molecule has 2 nitrogen and oxygen atoms in total. The predicted molar refractivity (Wildman–Crippen MR) is 65.9 cm³/mol. The highest BCUT2D eigenvalue weighted by Gasteiger charge is 2.30. The van der Waals surface area contributed by atoms with Gasteiger partial charge in [0.1, 0.15) is 11.5 Å². The fourth-order valence-electron chi connectivity index (χ4n) is 2.46. The molecule has 0 amide bonds. The molecular weight excluding hydrogens is 210 g/mol. The van der Waals surface area contributed by atoms with Gasteiger partial charge in [0.2, 0.25) is 0 Å². The zero-order valence-corrected chi connectivity index (χ0v) is 9.73. The topological polar surface area (TPSA) is 26.0 Å². The standard InChI is InChI=1S/C15H15NO/c1-2-4-13(12(3-1)10-5-6-10)14-9-15(17-16-14)11-7-8-11/h1-4,9-11H,5-8H2. The number of hydrogen-bond acceptors (Lipinski definition) is 2. The second kappa shape index (κ2) is 3.46. The van der Waals surface area contributed by atoms with Crippen molar-refractivity contribution in [3.8, 4) is 11.3 Å². The van der Waals surface area contributed by atoms with Crippen LogP contribution in [0.3, 0.4) is 0 Å². The number of aromatic nitrogens is 1. The maximum atomic E-state index is 5.45. The van der Waals surface area contributed by atoms with Crippen LogP contribution in [0.5, 0.6) is 0 Å². The van der Waals surface area contributed by atoms with Gasteiger partial charge in [-0.05, 0) is 37.2 Å². The molecule has 1 aromatic heterocycles. The Hall–Kier alpha value is -1.57. The summed E-state index contributed by atoms with van der Waals surface area (Å²) in [5.74, 6) is 2.47. The van der Waals surface area contributed by atoms with Crippen LogP contribution in [0.4, 0.5) is 0 Å². The van der Waals surface area contributed by atoms with Gasteiger partial charge in [0.15, 0.2) is 0 Å². The predicted octanol–water partition coefficient (Wildman–Crippen LogP) is 4.10. The second-order valence-corrected chi connectivity index (χ2v) is 5.25. The second-order valence-electron chi connectivity index (χ2n) is 5.25. The molecule has 0 aliphatic heterocycles. The smallest absolute Gasteiger partial charge is 0.140 e. The lowest BCUT2D eigenvalue weighted by Crippen LogP contribution is -1.86. The molecule has 0 radical (unpaired) electrons. The zero-order valence-electron chi connectivity index (χ0n) is 9.73. The van der Waals surface area contributed by atoms with Crippen LogP contribution < -0.4 is 0 Å². The average molecular weight is 225 g/mol. The molecule has 4 rings (SSSR count). The van der Waals surface area contributed by atoms with Crippen LogP contribution in [0.1, 0.15) is 48.8 Å². The molecule has 0 bridgehead atoms. The minimum absolute atomic E-state index is 0.643. The fraction of sp³-hybridized carbons (Fsp3) is 0.400. The van der Waals surface area contributed by atoms with Gasteiger partial charge in [-0.1, -0.05) is 29.4 Å². The van der Waals surface area contributed by atoms with Crippen molar-refractivity contribution < 1.29 is 4.52 Å². The third-order valence-corrected chi connectivity index (χ3v) is 3.76. The molecule has 2 saturated carbocycles. The third kappa shape index (κ3) is 1.68. The lowest BCUT2D eigenvalue weighted by atomic mass is 10.0. The quantitative estimate of drug-likeness (QED) is 0.786. The Morgan fingerprint density at radius 1 is 1.00 bits per heavy atom. The van der Waals surface area contributed by atoms with E-state index in [2.05, 4.69) is 35.5 Å². The van der Waals surface area contributed by atoms with Crippen molar-refractivity contribution in [2.45, 2.75) is 37.5 Å². The van der Waals surface area contributed by atoms with E-state index in [1.165, 1.54) is 36.8 Å². The molecule has 0 unspecified atom stereocenters.